The zero-order chi connectivity index (χ0) is 12.3. The van der Waals surface area contributed by atoms with E-state index in [4.69, 9.17) is 5.73 Å². The Balaban J connectivity index is 1.92. The summed E-state index contributed by atoms with van der Waals surface area (Å²) in [5.74, 6) is 1.16. The van der Waals surface area contributed by atoms with Crippen LogP contribution in [-0.2, 0) is 4.79 Å². The molecule has 1 fully saturated rings. The van der Waals surface area contributed by atoms with Gasteiger partial charge in [0.05, 0.1) is 6.04 Å². The fraction of sp³-hybridized carbons (Fsp3) is 0.727. The first-order valence-corrected chi connectivity index (χ1v) is 6.08. The van der Waals surface area contributed by atoms with E-state index in [1.54, 1.807) is 0 Å². The lowest BCUT2D eigenvalue weighted by Crippen LogP contribution is -2.36. The Morgan fingerprint density at radius 1 is 1.71 bits per heavy atom. The van der Waals surface area contributed by atoms with Crippen molar-refractivity contribution >= 4 is 5.91 Å². The van der Waals surface area contributed by atoms with Crippen LogP contribution in [0.1, 0.15) is 38.1 Å². The van der Waals surface area contributed by atoms with Crippen molar-refractivity contribution in [2.75, 3.05) is 6.54 Å². The third-order valence-electron chi connectivity index (χ3n) is 3.50. The van der Waals surface area contributed by atoms with Crippen molar-refractivity contribution < 1.29 is 4.79 Å². The minimum absolute atomic E-state index is 0.0605. The zero-order valence-electron chi connectivity index (χ0n) is 10.0. The number of nitrogens with two attached hydrogens (primary N) is 1. The van der Waals surface area contributed by atoms with Crippen LogP contribution in [0.3, 0.4) is 0 Å². The van der Waals surface area contributed by atoms with Gasteiger partial charge in [0.15, 0.2) is 0 Å². The molecule has 0 radical (unpaired) electrons. The summed E-state index contributed by atoms with van der Waals surface area (Å²) in [4.78, 5) is 16.1. The minimum atomic E-state index is -0.135. The number of carbonyl (C=O) groups is 1. The molecule has 17 heavy (non-hydrogen) atoms. The second kappa shape index (κ2) is 5.27. The van der Waals surface area contributed by atoms with E-state index in [-0.39, 0.29) is 17.9 Å². The lowest BCUT2D eigenvalue weighted by molar-refractivity contribution is -0.126. The number of aromatic nitrogens is 3. The van der Waals surface area contributed by atoms with Gasteiger partial charge in [0.2, 0.25) is 5.91 Å². The van der Waals surface area contributed by atoms with Crippen molar-refractivity contribution in [1.82, 2.24) is 20.5 Å². The molecule has 3 unspecified atom stereocenters. The summed E-state index contributed by atoms with van der Waals surface area (Å²) < 4.78 is 0. The van der Waals surface area contributed by atoms with Crippen LogP contribution in [0.25, 0.3) is 0 Å². The van der Waals surface area contributed by atoms with Gasteiger partial charge in [0, 0.05) is 5.92 Å². The predicted molar refractivity (Wildman–Crippen MR) is 62.8 cm³/mol. The summed E-state index contributed by atoms with van der Waals surface area (Å²) in [7, 11) is 0. The lowest BCUT2D eigenvalue weighted by Gasteiger charge is -2.19. The number of hydrogen-bond acceptors (Lipinski definition) is 4. The van der Waals surface area contributed by atoms with Crippen molar-refractivity contribution in [3.05, 3.63) is 12.2 Å². The van der Waals surface area contributed by atoms with Gasteiger partial charge in [-0.05, 0) is 32.2 Å². The maximum absolute atomic E-state index is 12.1. The van der Waals surface area contributed by atoms with Crippen LogP contribution in [-0.4, -0.2) is 27.6 Å². The van der Waals surface area contributed by atoms with Crippen molar-refractivity contribution in [1.29, 1.82) is 0 Å². The summed E-state index contributed by atoms with van der Waals surface area (Å²) >= 11 is 0. The lowest BCUT2D eigenvalue weighted by atomic mass is 9.95. The molecular weight excluding hydrogens is 218 g/mol. The van der Waals surface area contributed by atoms with Crippen LogP contribution >= 0.6 is 0 Å². The first-order valence-electron chi connectivity index (χ1n) is 6.08. The topological polar surface area (TPSA) is 96.7 Å². The molecule has 0 aromatic carbocycles. The van der Waals surface area contributed by atoms with Gasteiger partial charge < -0.3 is 11.1 Å². The molecule has 0 aliphatic heterocycles. The molecule has 1 aromatic rings. The molecule has 0 spiro atoms. The highest BCUT2D eigenvalue weighted by molar-refractivity contribution is 5.79. The quantitative estimate of drug-likeness (QED) is 0.704. The standard InChI is InChI=1S/C11H19N5O/c1-7(10-13-6-14-16-10)15-11(17)9-4-2-3-8(9)5-12/h6-9H,2-5,12H2,1H3,(H,15,17)(H,13,14,16). The average molecular weight is 237 g/mol. The van der Waals surface area contributed by atoms with Crippen molar-refractivity contribution in [3.8, 4) is 0 Å². The van der Waals surface area contributed by atoms with Crippen LogP contribution in [0, 0.1) is 11.8 Å². The van der Waals surface area contributed by atoms with E-state index in [0.29, 0.717) is 18.3 Å². The van der Waals surface area contributed by atoms with Crippen LogP contribution in [0.2, 0.25) is 0 Å². The molecule has 1 heterocycles. The predicted octanol–water partition coefficient (Wildman–Crippen LogP) is 0.357. The molecule has 1 aliphatic carbocycles. The Kier molecular flexibility index (Phi) is 3.73. The number of H-pyrrole nitrogens is 1. The number of hydrogen-bond donors (Lipinski definition) is 3. The molecule has 3 atom stereocenters. The summed E-state index contributed by atoms with van der Waals surface area (Å²) in [6, 6.07) is -0.135. The fourth-order valence-electron chi connectivity index (χ4n) is 2.48. The highest BCUT2D eigenvalue weighted by Crippen LogP contribution is 2.31. The van der Waals surface area contributed by atoms with E-state index in [1.165, 1.54) is 6.33 Å². The second-order valence-corrected chi connectivity index (χ2v) is 4.63. The van der Waals surface area contributed by atoms with E-state index in [2.05, 4.69) is 20.5 Å². The molecule has 1 aliphatic rings. The van der Waals surface area contributed by atoms with Crippen LogP contribution in [0.15, 0.2) is 6.33 Å². The molecule has 1 aromatic heterocycles. The number of amides is 1. The molecule has 0 bridgehead atoms. The number of carbonyl (C=O) groups excluding carboxylic acids is 1. The number of aromatic amines is 1. The maximum Gasteiger partial charge on any atom is 0.224 e. The van der Waals surface area contributed by atoms with Crippen LogP contribution < -0.4 is 11.1 Å². The molecule has 6 nitrogen and oxygen atoms in total. The van der Waals surface area contributed by atoms with Gasteiger partial charge >= 0.3 is 0 Å². The zero-order valence-corrected chi connectivity index (χ0v) is 10.0. The highest BCUT2D eigenvalue weighted by atomic mass is 16.2. The first kappa shape index (κ1) is 12.0. The average Bonchev–Trinajstić information content (AvgIpc) is 2.99. The van der Waals surface area contributed by atoms with Gasteiger partial charge in [-0.15, -0.1) is 0 Å². The first-order chi connectivity index (χ1) is 8.22. The Bertz CT molecular complexity index is 364. The third-order valence-corrected chi connectivity index (χ3v) is 3.50. The summed E-state index contributed by atoms with van der Waals surface area (Å²) in [6.07, 6.45) is 4.54. The minimum Gasteiger partial charge on any atom is -0.346 e. The normalized spacial score (nSPS) is 25.8. The van der Waals surface area contributed by atoms with Gasteiger partial charge in [-0.25, -0.2) is 4.98 Å². The Labute approximate surface area is 100 Å². The Morgan fingerprint density at radius 2 is 2.53 bits per heavy atom. The SMILES string of the molecule is CC(NC(=O)C1CCCC1CN)c1ncn[nH]1. The fourth-order valence-corrected chi connectivity index (χ4v) is 2.48. The third kappa shape index (κ3) is 2.63. The Hall–Kier alpha value is -1.43. The summed E-state index contributed by atoms with van der Waals surface area (Å²) in [5.41, 5.74) is 5.68. The van der Waals surface area contributed by atoms with Gasteiger partial charge in [-0.2, -0.15) is 5.10 Å². The highest BCUT2D eigenvalue weighted by Gasteiger charge is 2.32. The van der Waals surface area contributed by atoms with E-state index in [9.17, 15) is 4.79 Å². The Morgan fingerprint density at radius 3 is 3.18 bits per heavy atom. The molecule has 2 rings (SSSR count). The van der Waals surface area contributed by atoms with E-state index >= 15 is 0 Å². The number of nitrogens with one attached hydrogen (secondary N) is 2. The number of nitrogens with zero attached hydrogens (tertiary/aromatic N) is 2. The largest absolute Gasteiger partial charge is 0.346 e. The maximum atomic E-state index is 12.1. The van der Waals surface area contributed by atoms with Crippen LogP contribution in [0.4, 0.5) is 0 Å². The van der Waals surface area contributed by atoms with Crippen LogP contribution in [0.5, 0.6) is 0 Å². The molecule has 1 amide bonds. The van der Waals surface area contributed by atoms with E-state index in [0.717, 1.165) is 19.3 Å². The smallest absolute Gasteiger partial charge is 0.224 e. The summed E-state index contributed by atoms with van der Waals surface area (Å²) in [5, 5.41) is 9.49. The van der Waals surface area contributed by atoms with Gasteiger partial charge in [-0.1, -0.05) is 6.42 Å². The molecule has 1 saturated carbocycles. The van der Waals surface area contributed by atoms with Crippen molar-refractivity contribution in [2.24, 2.45) is 17.6 Å². The van der Waals surface area contributed by atoms with Crippen molar-refractivity contribution in [3.63, 3.8) is 0 Å². The van der Waals surface area contributed by atoms with Crippen molar-refractivity contribution in [2.45, 2.75) is 32.2 Å². The monoisotopic (exact) mass is 237 g/mol. The molecule has 6 heteroatoms. The summed E-state index contributed by atoms with van der Waals surface area (Å²) in [6.45, 7) is 2.49. The molecule has 0 saturated heterocycles. The molecular formula is C11H19N5O. The van der Waals surface area contributed by atoms with Gasteiger partial charge in [0.25, 0.3) is 0 Å². The van der Waals surface area contributed by atoms with E-state index in [1.807, 2.05) is 6.92 Å². The van der Waals surface area contributed by atoms with E-state index < -0.39 is 0 Å². The number of rotatable bonds is 4. The van der Waals surface area contributed by atoms with Gasteiger partial charge in [0.1, 0.15) is 12.2 Å². The second-order valence-electron chi connectivity index (χ2n) is 4.63. The molecule has 94 valence electrons. The van der Waals surface area contributed by atoms with Gasteiger partial charge in [-0.3, -0.25) is 9.89 Å². The molecule has 4 N–H and O–H groups in total.